The van der Waals surface area contributed by atoms with Gasteiger partial charge in [-0.2, -0.15) is 13.2 Å². The fourth-order valence-electron chi connectivity index (χ4n) is 4.11. The van der Waals surface area contributed by atoms with E-state index in [1.807, 2.05) is 37.3 Å². The molecule has 13 heteroatoms. The number of halogens is 3. The van der Waals surface area contributed by atoms with Crippen molar-refractivity contribution in [1.29, 1.82) is 0 Å². The molecular formula is C26H33F3N4O6. The molecule has 39 heavy (non-hydrogen) atoms. The van der Waals surface area contributed by atoms with Crippen molar-refractivity contribution >= 4 is 29.8 Å². The first-order valence-corrected chi connectivity index (χ1v) is 12.4. The molecule has 1 fully saturated rings. The number of carboxylic acids is 1. The molecule has 4 N–H and O–H groups in total. The van der Waals surface area contributed by atoms with E-state index in [2.05, 4.69) is 34.6 Å². The summed E-state index contributed by atoms with van der Waals surface area (Å²) in [7, 11) is 0. The number of rotatable bonds is 10. The van der Waals surface area contributed by atoms with Gasteiger partial charge in [0.15, 0.2) is 0 Å². The summed E-state index contributed by atoms with van der Waals surface area (Å²) >= 11 is 0. The first-order valence-electron chi connectivity index (χ1n) is 12.4. The van der Waals surface area contributed by atoms with E-state index in [1.54, 1.807) is 4.90 Å². The van der Waals surface area contributed by atoms with Crippen LogP contribution < -0.4 is 25.2 Å². The van der Waals surface area contributed by atoms with Crippen LogP contribution in [0, 0.1) is 0 Å². The quantitative estimate of drug-likeness (QED) is 0.326. The van der Waals surface area contributed by atoms with E-state index >= 15 is 0 Å². The molecule has 1 atom stereocenters. The van der Waals surface area contributed by atoms with Crippen LogP contribution in [-0.4, -0.2) is 80.2 Å². The molecule has 0 unspecified atom stereocenters. The van der Waals surface area contributed by atoms with Gasteiger partial charge in [-0.15, -0.1) is 0 Å². The number of carboxylic acid groups (broad SMARTS) is 2. The predicted molar refractivity (Wildman–Crippen MR) is 140 cm³/mol. The molecule has 1 aliphatic heterocycles. The van der Waals surface area contributed by atoms with Crippen LogP contribution in [-0.2, 0) is 9.59 Å². The number of nitrogens with zero attached hydrogens (tertiary/aromatic N) is 2. The van der Waals surface area contributed by atoms with Crippen molar-refractivity contribution in [3.63, 3.8) is 0 Å². The van der Waals surface area contributed by atoms with Crippen LogP contribution in [0.5, 0.6) is 5.75 Å². The number of carbonyl (C=O) groups is 3. The van der Waals surface area contributed by atoms with Crippen molar-refractivity contribution in [2.24, 2.45) is 0 Å². The number of hydrogen-bond acceptors (Lipinski definition) is 6. The van der Waals surface area contributed by atoms with Crippen molar-refractivity contribution in [3.8, 4) is 16.9 Å². The van der Waals surface area contributed by atoms with Gasteiger partial charge in [0.1, 0.15) is 5.75 Å². The Morgan fingerprint density at radius 1 is 1.21 bits per heavy atom. The lowest BCUT2D eigenvalue weighted by Crippen LogP contribution is -2.51. The largest absolute Gasteiger partial charge is 0.493 e. The minimum absolute atomic E-state index is 0.145. The van der Waals surface area contributed by atoms with Crippen LogP contribution in [0.2, 0.25) is 0 Å². The van der Waals surface area contributed by atoms with Crippen molar-refractivity contribution in [2.45, 2.75) is 32.5 Å². The van der Waals surface area contributed by atoms with Gasteiger partial charge >= 0.3 is 18.2 Å². The van der Waals surface area contributed by atoms with Gasteiger partial charge in [0.25, 0.3) is 0 Å². The summed E-state index contributed by atoms with van der Waals surface area (Å²) in [5, 5.41) is 21.8. The van der Waals surface area contributed by atoms with E-state index in [-0.39, 0.29) is 13.1 Å². The summed E-state index contributed by atoms with van der Waals surface area (Å²) in [6.07, 6.45) is -4.45. The third-order valence-corrected chi connectivity index (χ3v) is 5.91. The maximum atomic E-state index is 12.1. The number of aliphatic carboxylic acids is 1. The van der Waals surface area contributed by atoms with Crippen LogP contribution in [0.4, 0.5) is 29.3 Å². The monoisotopic (exact) mass is 554 g/mol. The van der Waals surface area contributed by atoms with E-state index in [4.69, 9.17) is 19.7 Å². The average Bonchev–Trinajstić information content (AvgIpc) is 2.91. The first-order chi connectivity index (χ1) is 18.5. The Hall–Kier alpha value is -4.00. The summed E-state index contributed by atoms with van der Waals surface area (Å²) in [5.74, 6) is -1.97. The van der Waals surface area contributed by atoms with Gasteiger partial charge in [0.2, 0.25) is 6.41 Å². The highest BCUT2D eigenvalue weighted by atomic mass is 19.4. The topological polar surface area (TPSA) is 131 Å². The van der Waals surface area contributed by atoms with Crippen molar-refractivity contribution < 1.29 is 42.5 Å². The number of para-hydroxylation sites is 1. The molecule has 0 bridgehead atoms. The van der Waals surface area contributed by atoms with Crippen molar-refractivity contribution in [3.05, 3.63) is 42.5 Å². The number of alkyl halides is 3. The molecule has 3 rings (SSSR count). The zero-order valence-corrected chi connectivity index (χ0v) is 21.7. The fraction of sp³-hybridized carbons (Fsp3) is 0.423. The van der Waals surface area contributed by atoms with Gasteiger partial charge in [-0.05, 0) is 37.1 Å². The van der Waals surface area contributed by atoms with Gasteiger partial charge in [-0.25, -0.2) is 9.59 Å². The Morgan fingerprint density at radius 3 is 2.49 bits per heavy atom. The molecule has 214 valence electrons. The van der Waals surface area contributed by atoms with E-state index in [1.165, 1.54) is 0 Å². The third kappa shape index (κ3) is 9.06. The molecule has 2 aromatic rings. The highest BCUT2D eigenvalue weighted by Gasteiger charge is 2.38. The second-order valence-corrected chi connectivity index (χ2v) is 8.43. The van der Waals surface area contributed by atoms with E-state index in [9.17, 15) is 22.8 Å². The Balaban J connectivity index is 0.000000673. The van der Waals surface area contributed by atoms with Crippen LogP contribution >= 0.6 is 0 Å². The van der Waals surface area contributed by atoms with E-state index in [0.29, 0.717) is 12.6 Å². The molecule has 2 amide bonds. The van der Waals surface area contributed by atoms with Gasteiger partial charge < -0.3 is 35.4 Å². The van der Waals surface area contributed by atoms with Gasteiger partial charge in [-0.3, -0.25) is 4.79 Å². The molecule has 0 aromatic heterocycles. The number of carbonyl (C=O) groups excluding carboxylic acids is 1. The second kappa shape index (κ2) is 14.8. The zero-order valence-electron chi connectivity index (χ0n) is 21.7. The Bertz CT molecular complexity index is 1120. The number of hydrogen-bond donors (Lipinski definition) is 4. The molecule has 0 radical (unpaired) electrons. The maximum Gasteiger partial charge on any atom is 0.490 e. The molecular weight excluding hydrogens is 521 g/mol. The average molecular weight is 555 g/mol. The normalized spacial score (nSPS) is 15.0. The molecule has 1 heterocycles. The highest BCUT2D eigenvalue weighted by molar-refractivity contribution is 5.88. The Morgan fingerprint density at radius 2 is 1.90 bits per heavy atom. The predicted octanol–water partition coefficient (Wildman–Crippen LogP) is 3.80. The lowest BCUT2D eigenvalue weighted by molar-refractivity contribution is -0.192. The lowest BCUT2D eigenvalue weighted by Gasteiger charge is -2.39. The van der Waals surface area contributed by atoms with Crippen molar-refractivity contribution in [2.75, 3.05) is 49.1 Å². The summed E-state index contributed by atoms with van der Waals surface area (Å²) in [6.45, 7) is 7.63. The van der Waals surface area contributed by atoms with E-state index in [0.717, 1.165) is 60.7 Å². The molecule has 0 spiro atoms. The van der Waals surface area contributed by atoms with Gasteiger partial charge in [0.05, 0.1) is 18.0 Å². The third-order valence-electron chi connectivity index (χ3n) is 5.91. The van der Waals surface area contributed by atoms with Crippen molar-refractivity contribution in [1.82, 2.24) is 10.6 Å². The standard InChI is InChI=1S/C24H32N4O4.C2HF3O2/c1-3-19-16-25-11-14-28(19)21-10-9-18(20-7-5-6-8-23(20)32-4-2)15-22(21)27(17-29)13-12-26-24(30)31;3-2(4,5)1(6)7/h5-10,15,17,19,25-26H,3-4,11-14,16H2,1-2H3,(H,30,31);(H,6,7)/t19-;/m1./s1. The summed E-state index contributed by atoms with van der Waals surface area (Å²) in [4.78, 5) is 35.8. The van der Waals surface area contributed by atoms with Gasteiger partial charge in [0, 0.05) is 44.3 Å². The molecule has 0 saturated carbocycles. The zero-order chi connectivity index (χ0) is 29.0. The fourth-order valence-corrected chi connectivity index (χ4v) is 4.11. The lowest BCUT2D eigenvalue weighted by atomic mass is 10.0. The molecule has 1 aliphatic rings. The number of piperazine rings is 1. The maximum absolute atomic E-state index is 12.1. The number of anilines is 2. The SMILES string of the molecule is CCOc1ccccc1-c1ccc(N2CCNC[C@H]2CC)c(N(C=O)CCNC(=O)O)c1.O=C(O)C(F)(F)F. The minimum atomic E-state index is -5.08. The van der Waals surface area contributed by atoms with Crippen LogP contribution in [0.3, 0.4) is 0 Å². The van der Waals surface area contributed by atoms with Gasteiger partial charge in [-0.1, -0.05) is 31.2 Å². The summed E-state index contributed by atoms with van der Waals surface area (Å²) in [6, 6.07) is 14.3. The van der Waals surface area contributed by atoms with Crippen LogP contribution in [0.15, 0.2) is 42.5 Å². The number of nitrogens with one attached hydrogen (secondary N) is 2. The smallest absolute Gasteiger partial charge is 0.490 e. The van der Waals surface area contributed by atoms with Crippen LogP contribution in [0.25, 0.3) is 11.1 Å². The summed E-state index contributed by atoms with van der Waals surface area (Å²) < 4.78 is 37.5. The molecule has 1 saturated heterocycles. The Kier molecular flexibility index (Phi) is 11.9. The Labute approximate surface area is 224 Å². The second-order valence-electron chi connectivity index (χ2n) is 8.43. The highest BCUT2D eigenvalue weighted by Crippen LogP contribution is 2.38. The first kappa shape index (κ1) is 31.2. The number of benzene rings is 2. The van der Waals surface area contributed by atoms with Crippen LogP contribution in [0.1, 0.15) is 20.3 Å². The van der Waals surface area contributed by atoms with E-state index < -0.39 is 18.2 Å². The number of ether oxygens (including phenoxy) is 1. The number of amides is 2. The summed E-state index contributed by atoms with van der Waals surface area (Å²) in [5.41, 5.74) is 3.62. The molecule has 2 aromatic carbocycles. The minimum Gasteiger partial charge on any atom is -0.493 e. The molecule has 0 aliphatic carbocycles. The molecule has 10 nitrogen and oxygen atoms in total.